The fourth-order valence-electron chi connectivity index (χ4n) is 6.88. The largest absolute Gasteiger partial charge is 0.310 e. The van der Waals surface area contributed by atoms with Crippen LogP contribution in [0.5, 0.6) is 0 Å². The molecule has 220 valence electrons. The molecule has 8 aromatic rings. The van der Waals surface area contributed by atoms with Gasteiger partial charge in [0.15, 0.2) is 0 Å². The summed E-state index contributed by atoms with van der Waals surface area (Å²) in [5.74, 6) is 0. The molecule has 0 unspecified atom stereocenters. The van der Waals surface area contributed by atoms with E-state index in [0.29, 0.717) is 0 Å². The van der Waals surface area contributed by atoms with Crippen LogP contribution in [-0.2, 0) is 5.41 Å². The van der Waals surface area contributed by atoms with Crippen LogP contribution in [0.15, 0.2) is 176 Å². The van der Waals surface area contributed by atoms with E-state index in [0.717, 1.165) is 17.1 Å². The Morgan fingerprint density at radius 2 is 0.826 bits per heavy atom. The summed E-state index contributed by atoms with van der Waals surface area (Å²) in [5, 5.41) is 7.65. The lowest BCUT2D eigenvalue weighted by Crippen LogP contribution is -2.19. The van der Waals surface area contributed by atoms with Crippen LogP contribution in [0, 0.1) is 0 Å². The number of anilines is 3. The van der Waals surface area contributed by atoms with Crippen LogP contribution < -0.4 is 4.90 Å². The zero-order valence-corrected chi connectivity index (χ0v) is 26.2. The maximum Gasteiger partial charge on any atom is 0.0468 e. The summed E-state index contributed by atoms with van der Waals surface area (Å²) < 4.78 is 0. The number of hydrogen-bond donors (Lipinski definition) is 0. The Bertz CT molecular complexity index is 2300. The molecule has 0 spiro atoms. The Hall–Kier alpha value is -5.66. The molecule has 0 aliphatic rings. The number of fused-ring (bicyclic) bond motifs is 5. The van der Waals surface area contributed by atoms with Crippen LogP contribution in [0.25, 0.3) is 43.4 Å². The van der Waals surface area contributed by atoms with Crippen LogP contribution in [0.1, 0.15) is 25.0 Å². The summed E-state index contributed by atoms with van der Waals surface area (Å²) >= 11 is 0. The molecule has 0 saturated carbocycles. The maximum atomic E-state index is 2.37. The molecule has 0 saturated heterocycles. The van der Waals surface area contributed by atoms with E-state index in [1.54, 1.807) is 0 Å². The topological polar surface area (TPSA) is 3.24 Å². The first-order valence-electron chi connectivity index (χ1n) is 16.0. The van der Waals surface area contributed by atoms with Crippen LogP contribution in [0.3, 0.4) is 0 Å². The van der Waals surface area contributed by atoms with Gasteiger partial charge in [0.25, 0.3) is 0 Å². The van der Waals surface area contributed by atoms with E-state index in [9.17, 15) is 0 Å². The summed E-state index contributed by atoms with van der Waals surface area (Å²) in [6.45, 7) is 4.60. The van der Waals surface area contributed by atoms with Gasteiger partial charge in [0, 0.05) is 22.5 Å². The molecule has 0 heterocycles. The molecule has 0 bridgehead atoms. The molecule has 1 nitrogen and oxygen atoms in total. The van der Waals surface area contributed by atoms with E-state index in [1.807, 2.05) is 0 Å². The predicted octanol–water partition coefficient (Wildman–Crippen LogP) is 12.6. The molecule has 0 N–H and O–H groups in total. The molecule has 0 aliphatic heterocycles. The Balaban J connectivity index is 1.24. The number of rotatable bonds is 6. The van der Waals surface area contributed by atoms with Crippen molar-refractivity contribution in [2.75, 3.05) is 4.90 Å². The third-order valence-corrected chi connectivity index (χ3v) is 9.56. The van der Waals surface area contributed by atoms with Gasteiger partial charge in [-0.1, -0.05) is 153 Å². The molecular weight excluding hydrogens is 555 g/mol. The first kappa shape index (κ1) is 27.9. The Morgan fingerprint density at radius 1 is 0.348 bits per heavy atom. The van der Waals surface area contributed by atoms with Crippen molar-refractivity contribution < 1.29 is 0 Å². The first-order valence-corrected chi connectivity index (χ1v) is 16.0. The maximum absolute atomic E-state index is 2.37. The highest BCUT2D eigenvalue weighted by molar-refractivity contribution is 6.17. The normalized spacial score (nSPS) is 11.7. The quantitative estimate of drug-likeness (QED) is 0.174. The SMILES string of the molecule is CC(C)(c1ccccc1)c1ccc(N(c2ccc(-c3ccccc3)cc2)c2ccc3c(ccc4c5ccccc5ccc34)c2)cc1. The minimum Gasteiger partial charge on any atom is -0.310 e. The average molecular weight is 590 g/mol. The second-order valence-corrected chi connectivity index (χ2v) is 12.6. The van der Waals surface area contributed by atoms with Gasteiger partial charge >= 0.3 is 0 Å². The standard InChI is InChI=1S/C45H35N/c1-45(2,36-14-7-4-8-15-36)37-21-25-39(26-22-37)46(38-23-17-33(18-24-38)32-11-5-3-6-12-32)40-27-30-42-35(31-40)20-29-43-41-16-10-9-13-34(41)19-28-44(42)43/h3-31H,1-2H3. The smallest absolute Gasteiger partial charge is 0.0468 e. The summed E-state index contributed by atoms with van der Waals surface area (Å²) in [5.41, 5.74) is 8.32. The Labute approximate surface area is 271 Å². The zero-order chi connectivity index (χ0) is 31.1. The summed E-state index contributed by atoms with van der Waals surface area (Å²) in [4.78, 5) is 2.37. The van der Waals surface area contributed by atoms with Crippen molar-refractivity contribution in [2.45, 2.75) is 19.3 Å². The molecule has 0 aromatic heterocycles. The summed E-state index contributed by atoms with van der Waals surface area (Å²) in [6, 6.07) is 64.0. The van der Waals surface area contributed by atoms with Crippen LogP contribution >= 0.6 is 0 Å². The van der Waals surface area contributed by atoms with Crippen molar-refractivity contribution in [3.8, 4) is 11.1 Å². The highest BCUT2D eigenvalue weighted by Crippen LogP contribution is 2.40. The second kappa shape index (κ2) is 11.4. The fraction of sp³-hybridized carbons (Fsp3) is 0.0667. The van der Waals surface area contributed by atoms with E-state index in [2.05, 4.69) is 195 Å². The van der Waals surface area contributed by atoms with Crippen molar-refractivity contribution in [3.05, 3.63) is 187 Å². The Kier molecular flexibility index (Phi) is 6.88. The van der Waals surface area contributed by atoms with Gasteiger partial charge in [-0.05, 0) is 91.0 Å². The van der Waals surface area contributed by atoms with Gasteiger partial charge in [0.2, 0.25) is 0 Å². The molecule has 1 heteroatoms. The average Bonchev–Trinajstić information content (AvgIpc) is 3.12. The summed E-state index contributed by atoms with van der Waals surface area (Å²) in [6.07, 6.45) is 0. The molecule has 8 rings (SSSR count). The number of hydrogen-bond acceptors (Lipinski definition) is 1. The van der Waals surface area contributed by atoms with Gasteiger partial charge in [-0.2, -0.15) is 0 Å². The monoisotopic (exact) mass is 589 g/mol. The van der Waals surface area contributed by atoms with E-state index >= 15 is 0 Å². The van der Waals surface area contributed by atoms with Crippen LogP contribution in [-0.4, -0.2) is 0 Å². The highest BCUT2D eigenvalue weighted by Gasteiger charge is 2.23. The molecule has 0 radical (unpaired) electrons. The van der Waals surface area contributed by atoms with Crippen molar-refractivity contribution in [1.29, 1.82) is 0 Å². The molecule has 0 amide bonds. The lowest BCUT2D eigenvalue weighted by Gasteiger charge is -2.29. The van der Waals surface area contributed by atoms with E-state index in [4.69, 9.17) is 0 Å². The van der Waals surface area contributed by atoms with E-state index < -0.39 is 0 Å². The Morgan fingerprint density at radius 3 is 1.52 bits per heavy atom. The molecule has 46 heavy (non-hydrogen) atoms. The second-order valence-electron chi connectivity index (χ2n) is 12.6. The molecule has 0 aliphatic carbocycles. The number of nitrogens with zero attached hydrogens (tertiary/aromatic N) is 1. The summed E-state index contributed by atoms with van der Waals surface area (Å²) in [7, 11) is 0. The number of benzene rings is 8. The first-order chi connectivity index (χ1) is 22.6. The van der Waals surface area contributed by atoms with Gasteiger partial charge in [0.1, 0.15) is 0 Å². The third kappa shape index (κ3) is 4.91. The van der Waals surface area contributed by atoms with Crippen LogP contribution in [0.2, 0.25) is 0 Å². The van der Waals surface area contributed by atoms with Gasteiger partial charge in [-0.3, -0.25) is 0 Å². The van der Waals surface area contributed by atoms with Gasteiger partial charge in [0.05, 0.1) is 0 Å². The van der Waals surface area contributed by atoms with Crippen molar-refractivity contribution in [1.82, 2.24) is 0 Å². The molecular formula is C45H35N. The minimum atomic E-state index is -0.101. The molecule has 0 atom stereocenters. The highest BCUT2D eigenvalue weighted by atomic mass is 15.1. The van der Waals surface area contributed by atoms with Gasteiger partial charge in [-0.15, -0.1) is 0 Å². The minimum absolute atomic E-state index is 0.101. The van der Waals surface area contributed by atoms with Crippen molar-refractivity contribution in [2.24, 2.45) is 0 Å². The van der Waals surface area contributed by atoms with Crippen molar-refractivity contribution in [3.63, 3.8) is 0 Å². The van der Waals surface area contributed by atoms with Gasteiger partial charge < -0.3 is 4.90 Å². The molecule has 0 fully saturated rings. The van der Waals surface area contributed by atoms with E-state index in [1.165, 1.54) is 54.6 Å². The fourth-order valence-corrected chi connectivity index (χ4v) is 6.88. The van der Waals surface area contributed by atoms with Gasteiger partial charge in [-0.25, -0.2) is 0 Å². The lowest BCUT2D eigenvalue weighted by atomic mass is 9.78. The lowest BCUT2D eigenvalue weighted by molar-refractivity contribution is 0.641. The molecule has 8 aromatic carbocycles. The van der Waals surface area contributed by atoms with Crippen LogP contribution in [0.4, 0.5) is 17.1 Å². The predicted molar refractivity (Wildman–Crippen MR) is 198 cm³/mol. The zero-order valence-electron chi connectivity index (χ0n) is 26.2. The van der Waals surface area contributed by atoms with Crippen molar-refractivity contribution >= 4 is 49.4 Å². The van der Waals surface area contributed by atoms with E-state index in [-0.39, 0.29) is 5.41 Å². The third-order valence-electron chi connectivity index (χ3n) is 9.56.